The van der Waals surface area contributed by atoms with Crippen LogP contribution in [-0.2, 0) is 4.79 Å². The van der Waals surface area contributed by atoms with E-state index in [0.29, 0.717) is 17.9 Å². The highest BCUT2D eigenvalue weighted by Gasteiger charge is 2.33. The number of nitrogens with zero attached hydrogens (tertiary/aromatic N) is 3. The van der Waals surface area contributed by atoms with Crippen LogP contribution in [0.25, 0.3) is 0 Å². The van der Waals surface area contributed by atoms with Gasteiger partial charge in [-0.05, 0) is 44.3 Å². The Labute approximate surface area is 130 Å². The zero-order chi connectivity index (χ0) is 15.0. The standard InChI is InChI=1S/C15H24N4OS/c1-3-10(2)14(20)18-8-6-11(7-9-18)13-16-17-15(21)19(13)12-4-5-12/h10-12H,3-9H2,1-2H3,(H,17,21). The molecule has 116 valence electrons. The van der Waals surface area contributed by atoms with Crippen molar-refractivity contribution in [2.45, 2.75) is 57.9 Å². The summed E-state index contributed by atoms with van der Waals surface area (Å²) >= 11 is 5.35. The lowest BCUT2D eigenvalue weighted by Gasteiger charge is -2.33. The van der Waals surface area contributed by atoms with Crippen molar-refractivity contribution in [1.29, 1.82) is 0 Å². The van der Waals surface area contributed by atoms with E-state index in [1.165, 1.54) is 12.8 Å². The fourth-order valence-corrected chi connectivity index (χ4v) is 3.42. The minimum absolute atomic E-state index is 0.141. The molecule has 1 saturated heterocycles. The molecule has 1 aromatic rings. The first-order chi connectivity index (χ1) is 10.1. The molecule has 0 aromatic carbocycles. The number of H-pyrrole nitrogens is 1. The molecular weight excluding hydrogens is 284 g/mol. The van der Waals surface area contributed by atoms with Gasteiger partial charge in [-0.1, -0.05) is 13.8 Å². The maximum Gasteiger partial charge on any atom is 0.225 e. The van der Waals surface area contributed by atoms with E-state index in [-0.39, 0.29) is 5.92 Å². The number of piperidine rings is 1. The summed E-state index contributed by atoms with van der Waals surface area (Å²) in [6.07, 6.45) is 5.33. The Hall–Kier alpha value is -1.17. The fourth-order valence-electron chi connectivity index (χ4n) is 3.13. The van der Waals surface area contributed by atoms with Gasteiger partial charge in [0.1, 0.15) is 5.82 Å². The minimum atomic E-state index is 0.141. The first-order valence-corrected chi connectivity index (χ1v) is 8.48. The van der Waals surface area contributed by atoms with Gasteiger partial charge in [0.05, 0.1) is 0 Å². The number of carbonyl (C=O) groups excluding carboxylic acids is 1. The van der Waals surface area contributed by atoms with Crippen LogP contribution in [0, 0.1) is 10.7 Å². The highest BCUT2D eigenvalue weighted by Crippen LogP contribution is 2.39. The topological polar surface area (TPSA) is 53.9 Å². The lowest BCUT2D eigenvalue weighted by molar-refractivity contribution is -0.136. The molecule has 1 aromatic heterocycles. The molecular formula is C15H24N4OS. The Morgan fingerprint density at radius 1 is 1.38 bits per heavy atom. The predicted molar refractivity (Wildman–Crippen MR) is 83.7 cm³/mol. The normalized spacial score (nSPS) is 21.5. The van der Waals surface area contributed by atoms with Crippen molar-refractivity contribution in [2.75, 3.05) is 13.1 Å². The van der Waals surface area contributed by atoms with E-state index in [0.717, 1.165) is 42.9 Å². The molecule has 21 heavy (non-hydrogen) atoms. The van der Waals surface area contributed by atoms with Crippen molar-refractivity contribution >= 4 is 18.1 Å². The van der Waals surface area contributed by atoms with E-state index in [9.17, 15) is 4.79 Å². The van der Waals surface area contributed by atoms with Crippen LogP contribution in [0.2, 0.25) is 0 Å². The van der Waals surface area contributed by atoms with Crippen molar-refractivity contribution in [3.05, 3.63) is 10.6 Å². The molecule has 0 bridgehead atoms. The molecule has 1 amide bonds. The zero-order valence-corrected chi connectivity index (χ0v) is 13.7. The molecule has 2 heterocycles. The summed E-state index contributed by atoms with van der Waals surface area (Å²) in [5, 5.41) is 7.42. The molecule has 2 fully saturated rings. The second-order valence-electron chi connectivity index (χ2n) is 6.40. The van der Waals surface area contributed by atoms with Gasteiger partial charge in [0.15, 0.2) is 4.77 Å². The summed E-state index contributed by atoms with van der Waals surface area (Å²) < 4.78 is 2.97. The summed E-state index contributed by atoms with van der Waals surface area (Å²) in [5.41, 5.74) is 0. The molecule has 1 atom stereocenters. The van der Waals surface area contributed by atoms with Crippen molar-refractivity contribution in [2.24, 2.45) is 5.92 Å². The zero-order valence-electron chi connectivity index (χ0n) is 12.8. The number of hydrogen-bond acceptors (Lipinski definition) is 3. The minimum Gasteiger partial charge on any atom is -0.342 e. The number of amides is 1. The number of aromatic nitrogens is 3. The van der Waals surface area contributed by atoms with E-state index in [1.807, 2.05) is 11.8 Å². The van der Waals surface area contributed by atoms with Crippen LogP contribution >= 0.6 is 12.2 Å². The molecule has 3 rings (SSSR count). The lowest BCUT2D eigenvalue weighted by Crippen LogP contribution is -2.41. The third-order valence-corrected chi connectivity index (χ3v) is 5.14. The summed E-state index contributed by atoms with van der Waals surface area (Å²) in [6, 6.07) is 0.561. The highest BCUT2D eigenvalue weighted by molar-refractivity contribution is 7.71. The second-order valence-corrected chi connectivity index (χ2v) is 6.78. The van der Waals surface area contributed by atoms with Gasteiger partial charge in [-0.3, -0.25) is 9.89 Å². The van der Waals surface area contributed by atoms with Gasteiger partial charge in [-0.2, -0.15) is 5.10 Å². The van der Waals surface area contributed by atoms with E-state index >= 15 is 0 Å². The maximum atomic E-state index is 12.2. The van der Waals surface area contributed by atoms with Crippen molar-refractivity contribution in [3.8, 4) is 0 Å². The van der Waals surface area contributed by atoms with Crippen LogP contribution in [0.5, 0.6) is 0 Å². The van der Waals surface area contributed by atoms with Gasteiger partial charge in [0, 0.05) is 31.0 Å². The molecule has 0 spiro atoms. The smallest absolute Gasteiger partial charge is 0.225 e. The molecule has 1 aliphatic heterocycles. The Bertz CT molecular complexity index is 566. The van der Waals surface area contributed by atoms with Crippen molar-refractivity contribution in [1.82, 2.24) is 19.7 Å². The van der Waals surface area contributed by atoms with Crippen LogP contribution < -0.4 is 0 Å². The number of rotatable bonds is 4. The Kier molecular flexibility index (Phi) is 4.15. The van der Waals surface area contributed by atoms with Crippen molar-refractivity contribution in [3.63, 3.8) is 0 Å². The lowest BCUT2D eigenvalue weighted by atomic mass is 9.94. The fraction of sp³-hybridized carbons (Fsp3) is 0.800. The first-order valence-electron chi connectivity index (χ1n) is 8.07. The van der Waals surface area contributed by atoms with E-state index in [4.69, 9.17) is 12.2 Å². The number of aromatic amines is 1. The summed E-state index contributed by atoms with van der Waals surface area (Å²) in [4.78, 5) is 14.3. The van der Waals surface area contributed by atoms with Gasteiger partial charge in [-0.15, -0.1) is 0 Å². The molecule has 1 aliphatic carbocycles. The van der Waals surface area contributed by atoms with Crippen LogP contribution in [0.1, 0.15) is 63.7 Å². The van der Waals surface area contributed by atoms with Crippen LogP contribution in [-0.4, -0.2) is 38.7 Å². The average molecular weight is 308 g/mol. The molecule has 2 aliphatic rings. The Morgan fingerprint density at radius 3 is 2.62 bits per heavy atom. The molecule has 0 radical (unpaired) electrons. The summed E-state index contributed by atoms with van der Waals surface area (Å²) in [6.45, 7) is 5.78. The van der Waals surface area contributed by atoms with Gasteiger partial charge in [0.25, 0.3) is 0 Å². The quantitative estimate of drug-likeness (QED) is 0.870. The largest absolute Gasteiger partial charge is 0.342 e. The van der Waals surface area contributed by atoms with Gasteiger partial charge >= 0.3 is 0 Å². The van der Waals surface area contributed by atoms with Gasteiger partial charge in [-0.25, -0.2) is 0 Å². The monoisotopic (exact) mass is 308 g/mol. The number of carbonyl (C=O) groups is 1. The van der Waals surface area contributed by atoms with Gasteiger partial charge in [0.2, 0.25) is 5.91 Å². The Morgan fingerprint density at radius 2 is 2.05 bits per heavy atom. The number of likely N-dealkylation sites (tertiary alicyclic amines) is 1. The summed E-state index contributed by atoms with van der Waals surface area (Å²) in [7, 11) is 0. The average Bonchev–Trinajstić information content (AvgIpc) is 3.28. The molecule has 5 nitrogen and oxygen atoms in total. The van der Waals surface area contributed by atoms with Crippen LogP contribution in [0.4, 0.5) is 0 Å². The second kappa shape index (κ2) is 5.91. The van der Waals surface area contributed by atoms with E-state index in [2.05, 4.69) is 21.7 Å². The van der Waals surface area contributed by atoms with Crippen molar-refractivity contribution < 1.29 is 4.79 Å². The van der Waals surface area contributed by atoms with Crippen LogP contribution in [0.15, 0.2) is 0 Å². The van der Waals surface area contributed by atoms with E-state index < -0.39 is 0 Å². The van der Waals surface area contributed by atoms with E-state index in [1.54, 1.807) is 0 Å². The third-order valence-electron chi connectivity index (χ3n) is 4.85. The maximum absolute atomic E-state index is 12.2. The third kappa shape index (κ3) is 2.91. The first kappa shape index (κ1) is 14.8. The van der Waals surface area contributed by atoms with Gasteiger partial charge < -0.3 is 9.47 Å². The molecule has 1 saturated carbocycles. The van der Waals surface area contributed by atoms with Crippen LogP contribution in [0.3, 0.4) is 0 Å². The predicted octanol–water partition coefficient (Wildman–Crippen LogP) is 3.03. The number of hydrogen-bond donors (Lipinski definition) is 1. The molecule has 1 N–H and O–H groups in total. The Balaban J connectivity index is 1.66. The number of nitrogens with one attached hydrogen (secondary N) is 1. The summed E-state index contributed by atoms with van der Waals surface area (Å²) in [5.74, 6) is 1.98. The molecule has 1 unspecified atom stereocenters. The highest BCUT2D eigenvalue weighted by atomic mass is 32.1. The molecule has 6 heteroatoms. The SMILES string of the molecule is CCC(C)C(=O)N1CCC(c2n[nH]c(=S)n2C2CC2)CC1.